The molecular weight excluding hydrogens is 242 g/mol. The number of nitrogens with one attached hydrogen (secondary N) is 2. The van der Waals surface area contributed by atoms with Crippen molar-refractivity contribution in [1.29, 1.82) is 0 Å². The predicted octanol–water partition coefficient (Wildman–Crippen LogP) is 2.27. The summed E-state index contributed by atoms with van der Waals surface area (Å²) in [6, 6.07) is 3.82. The maximum absolute atomic E-state index is 5.21. The van der Waals surface area contributed by atoms with Gasteiger partial charge in [0.2, 0.25) is 0 Å². The van der Waals surface area contributed by atoms with E-state index in [4.69, 9.17) is 16.6 Å². The van der Waals surface area contributed by atoms with Crippen LogP contribution in [0.4, 0.5) is 5.13 Å². The predicted molar refractivity (Wildman–Crippen MR) is 68.7 cm³/mol. The lowest BCUT2D eigenvalue weighted by molar-refractivity contribution is 0.507. The molecule has 2 aromatic rings. The van der Waals surface area contributed by atoms with E-state index < -0.39 is 0 Å². The first kappa shape index (κ1) is 11.1. The molecule has 2 aromatic heterocycles. The Bertz CT molecular complexity index is 425. The van der Waals surface area contributed by atoms with Gasteiger partial charge >= 0.3 is 0 Å². The van der Waals surface area contributed by atoms with Crippen molar-refractivity contribution in [3.05, 3.63) is 35.7 Å². The average molecular weight is 253 g/mol. The molecule has 0 aliphatic rings. The maximum atomic E-state index is 5.21. The van der Waals surface area contributed by atoms with Crippen LogP contribution in [0, 0.1) is 0 Å². The van der Waals surface area contributed by atoms with Crippen molar-refractivity contribution in [2.75, 3.05) is 11.9 Å². The zero-order valence-electron chi connectivity index (χ0n) is 8.47. The van der Waals surface area contributed by atoms with Gasteiger partial charge in [-0.1, -0.05) is 0 Å². The fourth-order valence-corrected chi connectivity index (χ4v) is 1.98. The topological polar surface area (TPSA) is 50.1 Å². The van der Waals surface area contributed by atoms with E-state index in [2.05, 4.69) is 15.6 Å². The van der Waals surface area contributed by atoms with Gasteiger partial charge in [0.05, 0.1) is 6.26 Å². The zero-order chi connectivity index (χ0) is 11.2. The third-order valence-electron chi connectivity index (χ3n) is 1.89. The molecule has 2 heterocycles. The van der Waals surface area contributed by atoms with E-state index in [1.807, 2.05) is 17.5 Å². The monoisotopic (exact) mass is 253 g/mol. The van der Waals surface area contributed by atoms with Crippen molar-refractivity contribution in [1.82, 2.24) is 10.3 Å². The molecule has 2 N–H and O–H groups in total. The van der Waals surface area contributed by atoms with Crippen molar-refractivity contribution in [3.63, 3.8) is 0 Å². The number of nitrogens with zero attached hydrogens (tertiary/aromatic N) is 1. The quantitative estimate of drug-likeness (QED) is 0.819. The van der Waals surface area contributed by atoms with Gasteiger partial charge in [0.15, 0.2) is 10.2 Å². The number of thiazole rings is 1. The first-order valence-electron chi connectivity index (χ1n) is 4.81. The fourth-order valence-electron chi connectivity index (χ4n) is 1.18. The fraction of sp³-hybridized carbons (Fsp3) is 0.200. The summed E-state index contributed by atoms with van der Waals surface area (Å²) in [5.41, 5.74) is 0. The minimum Gasteiger partial charge on any atom is -0.469 e. The number of furan rings is 1. The molecule has 0 fully saturated rings. The van der Waals surface area contributed by atoms with Crippen molar-refractivity contribution < 1.29 is 4.42 Å². The van der Waals surface area contributed by atoms with Gasteiger partial charge < -0.3 is 15.1 Å². The molecule has 0 amide bonds. The van der Waals surface area contributed by atoms with Gasteiger partial charge in [-0.25, -0.2) is 4.98 Å². The normalized spacial score (nSPS) is 10.0. The van der Waals surface area contributed by atoms with Crippen LogP contribution >= 0.6 is 23.6 Å². The maximum Gasteiger partial charge on any atom is 0.188 e. The van der Waals surface area contributed by atoms with Gasteiger partial charge in [0, 0.05) is 24.5 Å². The van der Waals surface area contributed by atoms with Gasteiger partial charge in [-0.2, -0.15) is 0 Å². The van der Waals surface area contributed by atoms with Crippen LogP contribution in [0.5, 0.6) is 0 Å². The zero-order valence-corrected chi connectivity index (χ0v) is 10.1. The molecule has 0 aliphatic heterocycles. The molecule has 6 heteroatoms. The summed E-state index contributed by atoms with van der Waals surface area (Å²) in [7, 11) is 0. The minimum atomic E-state index is 0.585. The van der Waals surface area contributed by atoms with Crippen LogP contribution in [0.25, 0.3) is 0 Å². The standard InChI is InChI=1S/C10H11N3OS2/c15-9(13-10-12-5-7-16-10)11-4-3-8-2-1-6-14-8/h1-2,5-7H,3-4H2,(H2,11,12,13,15). The largest absolute Gasteiger partial charge is 0.469 e. The number of aromatic nitrogens is 1. The van der Waals surface area contributed by atoms with E-state index in [1.54, 1.807) is 12.5 Å². The highest BCUT2D eigenvalue weighted by molar-refractivity contribution is 7.80. The van der Waals surface area contributed by atoms with Gasteiger partial charge in [-0.3, -0.25) is 0 Å². The Hall–Kier alpha value is -1.40. The first-order chi connectivity index (χ1) is 7.84. The molecule has 0 bridgehead atoms. The van der Waals surface area contributed by atoms with E-state index in [9.17, 15) is 0 Å². The van der Waals surface area contributed by atoms with Crippen LogP contribution in [-0.4, -0.2) is 16.6 Å². The van der Waals surface area contributed by atoms with E-state index in [0.717, 1.165) is 23.9 Å². The Morgan fingerprint density at radius 2 is 2.50 bits per heavy atom. The van der Waals surface area contributed by atoms with E-state index in [1.165, 1.54) is 11.3 Å². The Balaban J connectivity index is 1.68. The average Bonchev–Trinajstić information content (AvgIpc) is 2.90. The van der Waals surface area contributed by atoms with Crippen molar-refractivity contribution in [2.45, 2.75) is 6.42 Å². The molecule has 0 aromatic carbocycles. The van der Waals surface area contributed by atoms with Crippen LogP contribution in [0.3, 0.4) is 0 Å². The Morgan fingerprint density at radius 3 is 3.19 bits per heavy atom. The van der Waals surface area contributed by atoms with Crippen LogP contribution < -0.4 is 10.6 Å². The SMILES string of the molecule is S=C(NCCc1ccco1)Nc1nccs1. The highest BCUT2D eigenvalue weighted by Gasteiger charge is 2.00. The third-order valence-corrected chi connectivity index (χ3v) is 2.82. The summed E-state index contributed by atoms with van der Waals surface area (Å²) in [5, 5.41) is 9.37. The van der Waals surface area contributed by atoms with Crippen LogP contribution in [0.15, 0.2) is 34.4 Å². The first-order valence-corrected chi connectivity index (χ1v) is 6.10. The number of anilines is 1. The molecule has 84 valence electrons. The summed E-state index contributed by atoms with van der Waals surface area (Å²) in [5.74, 6) is 0.949. The van der Waals surface area contributed by atoms with E-state index >= 15 is 0 Å². The van der Waals surface area contributed by atoms with Gasteiger partial charge in [-0.15, -0.1) is 11.3 Å². The minimum absolute atomic E-state index is 0.585. The number of rotatable bonds is 4. The summed E-state index contributed by atoms with van der Waals surface area (Å²) in [6.07, 6.45) is 4.21. The molecule has 16 heavy (non-hydrogen) atoms. The van der Waals surface area contributed by atoms with Crippen LogP contribution in [0.2, 0.25) is 0 Å². The molecule has 0 saturated heterocycles. The molecule has 0 atom stereocenters. The number of hydrogen-bond acceptors (Lipinski definition) is 4. The second kappa shape index (κ2) is 5.62. The van der Waals surface area contributed by atoms with Crippen LogP contribution in [0.1, 0.15) is 5.76 Å². The smallest absolute Gasteiger partial charge is 0.188 e. The lowest BCUT2D eigenvalue weighted by atomic mass is 10.3. The molecule has 4 nitrogen and oxygen atoms in total. The summed E-state index contributed by atoms with van der Waals surface area (Å²) in [4.78, 5) is 4.08. The van der Waals surface area contributed by atoms with Crippen molar-refractivity contribution >= 4 is 33.8 Å². The van der Waals surface area contributed by atoms with Gasteiger partial charge in [-0.05, 0) is 24.4 Å². The highest BCUT2D eigenvalue weighted by Crippen LogP contribution is 2.09. The van der Waals surface area contributed by atoms with Gasteiger partial charge in [0.25, 0.3) is 0 Å². The molecule has 0 aliphatic carbocycles. The highest BCUT2D eigenvalue weighted by atomic mass is 32.1. The molecule has 2 rings (SSSR count). The third kappa shape index (κ3) is 3.32. The van der Waals surface area contributed by atoms with Crippen molar-refractivity contribution in [3.8, 4) is 0 Å². The molecule has 0 radical (unpaired) electrons. The molecular formula is C10H11N3OS2. The van der Waals surface area contributed by atoms with Crippen LogP contribution in [-0.2, 0) is 6.42 Å². The Morgan fingerprint density at radius 1 is 1.56 bits per heavy atom. The number of thiocarbonyl (C=S) groups is 1. The number of hydrogen-bond donors (Lipinski definition) is 2. The second-order valence-corrected chi connectivity index (χ2v) is 4.35. The molecule has 0 unspecified atom stereocenters. The van der Waals surface area contributed by atoms with E-state index in [0.29, 0.717) is 5.11 Å². The lowest BCUT2D eigenvalue weighted by Crippen LogP contribution is -2.30. The van der Waals surface area contributed by atoms with Gasteiger partial charge in [0.1, 0.15) is 5.76 Å². The van der Waals surface area contributed by atoms with E-state index in [-0.39, 0.29) is 0 Å². The lowest BCUT2D eigenvalue weighted by Gasteiger charge is -2.06. The summed E-state index contributed by atoms with van der Waals surface area (Å²) in [6.45, 7) is 0.741. The molecule has 0 spiro atoms. The summed E-state index contributed by atoms with van der Waals surface area (Å²) < 4.78 is 5.21. The summed E-state index contributed by atoms with van der Waals surface area (Å²) >= 11 is 6.62. The second-order valence-electron chi connectivity index (χ2n) is 3.05. The Kier molecular flexibility index (Phi) is 3.90. The molecule has 0 saturated carbocycles. The Labute approximate surface area is 103 Å². The van der Waals surface area contributed by atoms with Crippen molar-refractivity contribution in [2.24, 2.45) is 0 Å².